The Labute approximate surface area is 170 Å². The van der Waals surface area contributed by atoms with Crippen molar-refractivity contribution in [1.29, 1.82) is 0 Å². The quantitative estimate of drug-likeness (QED) is 0.745. The molecule has 6 heteroatoms. The van der Waals surface area contributed by atoms with Crippen LogP contribution in [0.1, 0.15) is 23.2 Å². The molecule has 0 bridgehead atoms. The number of hydrogen-bond donors (Lipinski definition) is 1. The highest BCUT2D eigenvalue weighted by Gasteiger charge is 2.27. The Bertz CT molecular complexity index is 1100. The number of aliphatic hydroxyl groups excluding tert-OH is 1. The van der Waals surface area contributed by atoms with Crippen LogP contribution in [0.2, 0.25) is 0 Å². The number of ether oxygens (including phenoxy) is 1. The average molecular weight is 390 g/mol. The van der Waals surface area contributed by atoms with E-state index in [4.69, 9.17) is 4.74 Å². The van der Waals surface area contributed by atoms with Gasteiger partial charge in [0.1, 0.15) is 5.75 Å². The van der Waals surface area contributed by atoms with Gasteiger partial charge in [0.2, 0.25) is 6.29 Å². The van der Waals surface area contributed by atoms with Gasteiger partial charge in [0.25, 0.3) is 0 Å². The zero-order valence-electron chi connectivity index (χ0n) is 17.0. The molecule has 0 spiro atoms. The number of fused-ring (bicyclic) bond motifs is 2. The van der Waals surface area contributed by atoms with Gasteiger partial charge < -0.3 is 24.0 Å². The SMILES string of the molecule is Cc1cn2cc(C3=Cc4ccc(N5CC[C@H](N(C)C)C5)cc4OC3O)cc2cn1. The third-order valence-electron chi connectivity index (χ3n) is 6.01. The number of anilines is 1. The van der Waals surface area contributed by atoms with E-state index in [0.29, 0.717) is 6.04 Å². The monoisotopic (exact) mass is 390 g/mol. The fourth-order valence-electron chi connectivity index (χ4n) is 4.26. The van der Waals surface area contributed by atoms with Crippen molar-refractivity contribution in [2.75, 3.05) is 32.1 Å². The number of nitrogens with zero attached hydrogens (tertiary/aromatic N) is 4. The molecule has 0 amide bonds. The Balaban J connectivity index is 1.45. The minimum absolute atomic E-state index is 0.575. The lowest BCUT2D eigenvalue weighted by Crippen LogP contribution is -2.31. The average Bonchev–Trinajstić information content (AvgIpc) is 3.34. The standard InChI is InChI=1S/C23H26N4O2/c1-15-12-27-13-17(8-20(27)11-24-15)21-9-16-4-5-18(10-22(16)29-23(21)28)26-7-6-19(14-26)25(2)3/h4-5,8-13,19,23,28H,6-7,14H2,1-3H3/t19-,23?/m0/s1. The Morgan fingerprint density at radius 3 is 2.86 bits per heavy atom. The van der Waals surface area contributed by atoms with Gasteiger partial charge in [-0.15, -0.1) is 0 Å². The van der Waals surface area contributed by atoms with Crippen LogP contribution >= 0.6 is 0 Å². The normalized spacial score (nSPS) is 21.4. The topological polar surface area (TPSA) is 53.2 Å². The molecule has 0 aliphatic carbocycles. The summed E-state index contributed by atoms with van der Waals surface area (Å²) in [6.07, 6.45) is 8.02. The number of benzene rings is 1. The molecule has 5 rings (SSSR count). The van der Waals surface area contributed by atoms with Crippen LogP contribution in [0.5, 0.6) is 5.75 Å². The molecule has 1 N–H and O–H groups in total. The van der Waals surface area contributed by atoms with Crippen molar-refractivity contribution < 1.29 is 9.84 Å². The maximum absolute atomic E-state index is 10.7. The molecule has 4 heterocycles. The number of likely N-dealkylation sites (N-methyl/N-ethyl adjacent to an activating group) is 1. The lowest BCUT2D eigenvalue weighted by atomic mass is 10.0. The summed E-state index contributed by atoms with van der Waals surface area (Å²) < 4.78 is 7.94. The van der Waals surface area contributed by atoms with Crippen LogP contribution in [0.3, 0.4) is 0 Å². The first kappa shape index (κ1) is 18.2. The lowest BCUT2D eigenvalue weighted by Gasteiger charge is -2.26. The number of hydrogen-bond acceptors (Lipinski definition) is 5. The molecule has 1 aromatic carbocycles. The molecule has 1 fully saturated rings. The third kappa shape index (κ3) is 3.28. The molecule has 2 aliphatic rings. The Kier molecular flexibility index (Phi) is 4.33. The molecule has 2 aliphatic heterocycles. The summed E-state index contributed by atoms with van der Waals surface area (Å²) in [5.41, 5.74) is 5.78. The van der Waals surface area contributed by atoms with Gasteiger partial charge in [-0.25, -0.2) is 0 Å². The zero-order valence-corrected chi connectivity index (χ0v) is 17.0. The predicted molar refractivity (Wildman–Crippen MR) is 115 cm³/mol. The van der Waals surface area contributed by atoms with Crippen molar-refractivity contribution in [3.8, 4) is 5.75 Å². The number of rotatable bonds is 3. The van der Waals surface area contributed by atoms with Gasteiger partial charge in [-0.05, 0) is 51.7 Å². The minimum atomic E-state index is -0.989. The van der Waals surface area contributed by atoms with E-state index in [1.807, 2.05) is 48.1 Å². The van der Waals surface area contributed by atoms with Crippen LogP contribution < -0.4 is 9.64 Å². The maximum Gasteiger partial charge on any atom is 0.224 e. The predicted octanol–water partition coefficient (Wildman–Crippen LogP) is 3.03. The molecule has 1 unspecified atom stereocenters. The van der Waals surface area contributed by atoms with E-state index in [2.05, 4.69) is 41.0 Å². The van der Waals surface area contributed by atoms with Crippen LogP contribution in [0.15, 0.2) is 42.9 Å². The summed E-state index contributed by atoms with van der Waals surface area (Å²) in [5.74, 6) is 0.730. The fourth-order valence-corrected chi connectivity index (χ4v) is 4.26. The maximum atomic E-state index is 10.7. The number of aromatic nitrogens is 2. The molecule has 6 nitrogen and oxygen atoms in total. The molecular formula is C23H26N4O2. The van der Waals surface area contributed by atoms with Gasteiger partial charge in [0.05, 0.1) is 17.4 Å². The summed E-state index contributed by atoms with van der Waals surface area (Å²) in [7, 11) is 4.27. The van der Waals surface area contributed by atoms with Crippen LogP contribution in [0, 0.1) is 6.92 Å². The molecule has 1 saturated heterocycles. The van der Waals surface area contributed by atoms with E-state index in [9.17, 15) is 5.11 Å². The van der Waals surface area contributed by atoms with E-state index in [-0.39, 0.29) is 0 Å². The van der Waals surface area contributed by atoms with Crippen molar-refractivity contribution in [3.63, 3.8) is 0 Å². The van der Waals surface area contributed by atoms with E-state index in [1.54, 1.807) is 0 Å². The zero-order chi connectivity index (χ0) is 20.1. The summed E-state index contributed by atoms with van der Waals surface area (Å²) in [5, 5.41) is 10.7. The van der Waals surface area contributed by atoms with Crippen molar-refractivity contribution >= 4 is 22.9 Å². The van der Waals surface area contributed by atoms with Gasteiger partial charge in [0.15, 0.2) is 0 Å². The van der Waals surface area contributed by atoms with E-state index < -0.39 is 6.29 Å². The minimum Gasteiger partial charge on any atom is -0.460 e. The van der Waals surface area contributed by atoms with Crippen LogP contribution in [-0.4, -0.2) is 58.9 Å². The molecule has 2 aromatic heterocycles. The second-order valence-electron chi connectivity index (χ2n) is 8.23. The van der Waals surface area contributed by atoms with Crippen molar-refractivity contribution in [3.05, 3.63) is 59.7 Å². The Hall–Kier alpha value is -2.83. The second kappa shape index (κ2) is 6.90. The first-order valence-corrected chi connectivity index (χ1v) is 10.0. The van der Waals surface area contributed by atoms with Crippen LogP contribution in [0.4, 0.5) is 5.69 Å². The van der Waals surface area contributed by atoms with E-state index in [1.165, 1.54) is 0 Å². The highest BCUT2D eigenvalue weighted by Crippen LogP contribution is 2.37. The van der Waals surface area contributed by atoms with Gasteiger partial charge in [-0.2, -0.15) is 0 Å². The highest BCUT2D eigenvalue weighted by atomic mass is 16.6. The second-order valence-corrected chi connectivity index (χ2v) is 8.23. The van der Waals surface area contributed by atoms with Gasteiger partial charge in [-0.3, -0.25) is 4.98 Å². The van der Waals surface area contributed by atoms with Gasteiger partial charge in [0, 0.05) is 60.0 Å². The first-order valence-electron chi connectivity index (χ1n) is 10.0. The fraction of sp³-hybridized carbons (Fsp3) is 0.348. The molecule has 2 atom stereocenters. The molecular weight excluding hydrogens is 364 g/mol. The van der Waals surface area contributed by atoms with Crippen molar-refractivity contribution in [2.45, 2.75) is 25.7 Å². The van der Waals surface area contributed by atoms with E-state index >= 15 is 0 Å². The summed E-state index contributed by atoms with van der Waals surface area (Å²) in [6, 6.07) is 8.88. The summed E-state index contributed by atoms with van der Waals surface area (Å²) in [6.45, 7) is 4.02. The molecule has 150 valence electrons. The summed E-state index contributed by atoms with van der Waals surface area (Å²) >= 11 is 0. The van der Waals surface area contributed by atoms with E-state index in [0.717, 1.165) is 58.9 Å². The molecule has 29 heavy (non-hydrogen) atoms. The van der Waals surface area contributed by atoms with Crippen molar-refractivity contribution in [1.82, 2.24) is 14.3 Å². The Morgan fingerprint density at radius 2 is 2.07 bits per heavy atom. The van der Waals surface area contributed by atoms with Gasteiger partial charge >= 0.3 is 0 Å². The summed E-state index contributed by atoms with van der Waals surface area (Å²) in [4.78, 5) is 9.01. The first-order chi connectivity index (χ1) is 14.0. The number of aliphatic hydroxyl groups is 1. The lowest BCUT2D eigenvalue weighted by molar-refractivity contribution is 0.0320. The number of aryl methyl sites for hydroxylation is 1. The van der Waals surface area contributed by atoms with Crippen LogP contribution in [-0.2, 0) is 0 Å². The smallest absolute Gasteiger partial charge is 0.224 e. The molecule has 0 radical (unpaired) electrons. The third-order valence-corrected chi connectivity index (χ3v) is 6.01. The highest BCUT2D eigenvalue weighted by molar-refractivity contribution is 5.88. The van der Waals surface area contributed by atoms with Gasteiger partial charge in [-0.1, -0.05) is 0 Å². The largest absolute Gasteiger partial charge is 0.460 e. The van der Waals surface area contributed by atoms with Crippen LogP contribution in [0.25, 0.3) is 17.2 Å². The Morgan fingerprint density at radius 1 is 1.21 bits per heavy atom. The van der Waals surface area contributed by atoms with Crippen molar-refractivity contribution in [2.24, 2.45) is 0 Å². The molecule has 3 aromatic rings. The molecule has 0 saturated carbocycles.